The van der Waals surface area contributed by atoms with E-state index in [1.165, 1.54) is 14.0 Å². The molecule has 0 aromatic heterocycles. The molecule has 0 unspecified atom stereocenters. The average molecular weight is 490 g/mol. The molecular formula is C28H31N3O5. The van der Waals surface area contributed by atoms with E-state index in [0.717, 1.165) is 16.7 Å². The second-order valence-corrected chi connectivity index (χ2v) is 8.21. The molecule has 0 saturated heterocycles. The summed E-state index contributed by atoms with van der Waals surface area (Å²) in [4.78, 5) is 38.3. The predicted molar refractivity (Wildman–Crippen MR) is 136 cm³/mol. The second kappa shape index (κ2) is 13.7. The van der Waals surface area contributed by atoms with Gasteiger partial charge in [-0.05, 0) is 18.1 Å². The SMILES string of the molecule is CO[C@H](NC(=O)[C@H](Cc1ccccc1)NC(=O)[C@H](C)NC(=O)OCc1ccccc1)c1ccccc1. The highest BCUT2D eigenvalue weighted by molar-refractivity contribution is 5.91. The molecule has 0 spiro atoms. The molecule has 3 aromatic rings. The van der Waals surface area contributed by atoms with E-state index >= 15 is 0 Å². The molecule has 3 N–H and O–H groups in total. The maximum absolute atomic E-state index is 13.2. The van der Waals surface area contributed by atoms with Crippen molar-refractivity contribution in [1.82, 2.24) is 16.0 Å². The Morgan fingerprint density at radius 3 is 1.86 bits per heavy atom. The minimum absolute atomic E-state index is 0.0813. The number of hydrogen-bond acceptors (Lipinski definition) is 5. The summed E-state index contributed by atoms with van der Waals surface area (Å²) in [5, 5.41) is 8.09. The molecule has 36 heavy (non-hydrogen) atoms. The monoisotopic (exact) mass is 489 g/mol. The van der Waals surface area contributed by atoms with Gasteiger partial charge < -0.3 is 25.4 Å². The zero-order chi connectivity index (χ0) is 25.8. The molecule has 3 amide bonds. The van der Waals surface area contributed by atoms with Crippen LogP contribution in [0.2, 0.25) is 0 Å². The van der Waals surface area contributed by atoms with Gasteiger partial charge in [0.05, 0.1) is 0 Å². The van der Waals surface area contributed by atoms with Crippen molar-refractivity contribution in [3.63, 3.8) is 0 Å². The van der Waals surface area contributed by atoms with Crippen molar-refractivity contribution in [2.75, 3.05) is 7.11 Å². The van der Waals surface area contributed by atoms with E-state index in [9.17, 15) is 14.4 Å². The van der Waals surface area contributed by atoms with Crippen LogP contribution in [0, 0.1) is 0 Å². The van der Waals surface area contributed by atoms with Gasteiger partial charge in [0.1, 0.15) is 18.7 Å². The first kappa shape index (κ1) is 26.4. The maximum atomic E-state index is 13.2. The summed E-state index contributed by atoms with van der Waals surface area (Å²) >= 11 is 0. The second-order valence-electron chi connectivity index (χ2n) is 8.21. The van der Waals surface area contributed by atoms with Crippen LogP contribution in [0.3, 0.4) is 0 Å². The first-order valence-corrected chi connectivity index (χ1v) is 11.7. The third kappa shape index (κ3) is 8.25. The van der Waals surface area contributed by atoms with Crippen LogP contribution in [0.5, 0.6) is 0 Å². The molecule has 188 valence electrons. The fraction of sp³-hybridized carbons (Fsp3) is 0.250. The van der Waals surface area contributed by atoms with Crippen LogP contribution < -0.4 is 16.0 Å². The van der Waals surface area contributed by atoms with Gasteiger partial charge in [-0.15, -0.1) is 0 Å². The zero-order valence-corrected chi connectivity index (χ0v) is 20.3. The number of carbonyl (C=O) groups is 3. The van der Waals surface area contributed by atoms with E-state index in [-0.39, 0.29) is 13.0 Å². The third-order valence-corrected chi connectivity index (χ3v) is 5.47. The van der Waals surface area contributed by atoms with Crippen molar-refractivity contribution in [2.45, 2.75) is 38.3 Å². The lowest BCUT2D eigenvalue weighted by Crippen LogP contribution is -2.54. The van der Waals surface area contributed by atoms with Crippen molar-refractivity contribution in [3.05, 3.63) is 108 Å². The number of ether oxygens (including phenoxy) is 2. The molecule has 0 bridgehead atoms. The Morgan fingerprint density at radius 2 is 1.28 bits per heavy atom. The van der Waals surface area contributed by atoms with Gasteiger partial charge in [0, 0.05) is 19.1 Å². The van der Waals surface area contributed by atoms with E-state index in [4.69, 9.17) is 9.47 Å². The van der Waals surface area contributed by atoms with Crippen LogP contribution in [0.1, 0.15) is 29.8 Å². The molecule has 0 saturated carbocycles. The van der Waals surface area contributed by atoms with Crippen LogP contribution in [0.25, 0.3) is 0 Å². The first-order valence-electron chi connectivity index (χ1n) is 11.7. The lowest BCUT2D eigenvalue weighted by Gasteiger charge is -2.24. The van der Waals surface area contributed by atoms with Gasteiger partial charge in [-0.25, -0.2) is 4.79 Å². The number of nitrogens with one attached hydrogen (secondary N) is 3. The Morgan fingerprint density at radius 1 is 0.722 bits per heavy atom. The van der Waals surface area contributed by atoms with Crippen molar-refractivity contribution >= 4 is 17.9 Å². The van der Waals surface area contributed by atoms with Crippen molar-refractivity contribution < 1.29 is 23.9 Å². The number of rotatable bonds is 11. The summed E-state index contributed by atoms with van der Waals surface area (Å²) in [5.41, 5.74) is 2.47. The molecule has 0 aliphatic rings. The lowest BCUT2D eigenvalue weighted by atomic mass is 10.0. The topological polar surface area (TPSA) is 106 Å². The summed E-state index contributed by atoms with van der Waals surface area (Å²) in [7, 11) is 1.50. The highest BCUT2D eigenvalue weighted by atomic mass is 16.5. The lowest BCUT2D eigenvalue weighted by molar-refractivity contribution is -0.132. The molecule has 0 radical (unpaired) electrons. The molecule has 8 nitrogen and oxygen atoms in total. The summed E-state index contributed by atoms with van der Waals surface area (Å²) in [6, 6.07) is 26.0. The highest BCUT2D eigenvalue weighted by Gasteiger charge is 2.27. The Hall–Kier alpha value is -4.17. The van der Waals surface area contributed by atoms with Gasteiger partial charge in [-0.1, -0.05) is 91.0 Å². The smallest absolute Gasteiger partial charge is 0.408 e. The fourth-order valence-corrected chi connectivity index (χ4v) is 3.50. The molecular weight excluding hydrogens is 458 g/mol. The van der Waals surface area contributed by atoms with Gasteiger partial charge in [-0.2, -0.15) is 0 Å². The number of alkyl carbamates (subject to hydrolysis) is 1. The van der Waals surface area contributed by atoms with Crippen LogP contribution >= 0.6 is 0 Å². The Bertz CT molecular complexity index is 1110. The number of benzene rings is 3. The zero-order valence-electron chi connectivity index (χ0n) is 20.3. The van der Waals surface area contributed by atoms with Crippen LogP contribution in [-0.4, -0.2) is 37.1 Å². The maximum Gasteiger partial charge on any atom is 0.408 e. The van der Waals surface area contributed by atoms with Gasteiger partial charge in [0.25, 0.3) is 0 Å². The van der Waals surface area contributed by atoms with E-state index in [2.05, 4.69) is 16.0 Å². The first-order chi connectivity index (χ1) is 17.5. The minimum atomic E-state index is -0.924. The molecule has 8 heteroatoms. The van der Waals surface area contributed by atoms with Crippen molar-refractivity contribution in [1.29, 1.82) is 0 Å². The largest absolute Gasteiger partial charge is 0.445 e. The summed E-state index contributed by atoms with van der Waals surface area (Å²) in [5.74, 6) is -0.932. The fourth-order valence-electron chi connectivity index (χ4n) is 3.50. The normalized spacial score (nSPS) is 13.1. The van der Waals surface area contributed by atoms with Crippen molar-refractivity contribution in [2.24, 2.45) is 0 Å². The van der Waals surface area contributed by atoms with Gasteiger partial charge in [-0.3, -0.25) is 9.59 Å². The summed E-state index contributed by atoms with van der Waals surface area (Å²) < 4.78 is 10.6. The Labute approximate surface area is 211 Å². The van der Waals surface area contributed by atoms with Crippen LogP contribution in [-0.2, 0) is 32.1 Å². The van der Waals surface area contributed by atoms with Gasteiger partial charge in [0.15, 0.2) is 6.23 Å². The van der Waals surface area contributed by atoms with E-state index in [1.54, 1.807) is 0 Å². The highest BCUT2D eigenvalue weighted by Crippen LogP contribution is 2.14. The molecule has 0 fully saturated rings. The predicted octanol–water partition coefficient (Wildman–Crippen LogP) is 3.49. The molecule has 0 aliphatic heterocycles. The van der Waals surface area contributed by atoms with Gasteiger partial charge in [0.2, 0.25) is 11.8 Å². The number of carbonyl (C=O) groups excluding carboxylic acids is 3. The molecule has 0 aliphatic carbocycles. The van der Waals surface area contributed by atoms with Gasteiger partial charge >= 0.3 is 6.09 Å². The quantitative estimate of drug-likeness (QED) is 0.358. The molecule has 3 aromatic carbocycles. The molecule has 3 rings (SSSR count). The number of methoxy groups -OCH3 is 1. The summed E-state index contributed by atoms with van der Waals surface area (Å²) in [6.07, 6.45) is -1.15. The summed E-state index contributed by atoms with van der Waals surface area (Å²) in [6.45, 7) is 1.61. The van der Waals surface area contributed by atoms with E-state index in [0.29, 0.717) is 0 Å². The van der Waals surface area contributed by atoms with Crippen LogP contribution in [0.15, 0.2) is 91.0 Å². The minimum Gasteiger partial charge on any atom is -0.445 e. The van der Waals surface area contributed by atoms with Crippen molar-refractivity contribution in [3.8, 4) is 0 Å². The Kier molecular flexibility index (Phi) is 10.0. The van der Waals surface area contributed by atoms with Crippen LogP contribution in [0.4, 0.5) is 4.79 Å². The van der Waals surface area contributed by atoms with E-state index < -0.39 is 36.2 Å². The average Bonchev–Trinajstić information content (AvgIpc) is 2.91. The standard InChI is InChI=1S/C28H31N3O5/c1-20(29-28(34)36-19-22-14-8-4-9-15-22)25(32)30-24(18-21-12-6-3-7-13-21)26(33)31-27(35-2)23-16-10-5-11-17-23/h3-17,20,24,27H,18-19H2,1-2H3,(H,29,34)(H,30,32)(H,31,33)/t20-,24-,27-/m0/s1. The number of hydrogen-bond donors (Lipinski definition) is 3. The molecule has 3 atom stereocenters. The third-order valence-electron chi connectivity index (χ3n) is 5.47. The molecule has 0 heterocycles. The Balaban J connectivity index is 1.63. The van der Waals surface area contributed by atoms with E-state index in [1.807, 2.05) is 91.0 Å². The number of amides is 3.